The highest BCUT2D eigenvalue weighted by Crippen LogP contribution is 2.32. The van der Waals surface area contributed by atoms with Crippen molar-refractivity contribution in [1.82, 2.24) is 9.78 Å². The first-order valence-corrected chi connectivity index (χ1v) is 10.3. The lowest BCUT2D eigenvalue weighted by atomic mass is 9.95. The summed E-state index contributed by atoms with van der Waals surface area (Å²) in [5, 5.41) is 14.5. The van der Waals surface area contributed by atoms with Crippen molar-refractivity contribution in [2.24, 2.45) is 0 Å². The van der Waals surface area contributed by atoms with Crippen molar-refractivity contribution in [3.8, 4) is 28.1 Å². The number of nitrogens with zero attached hydrogens (tertiary/aromatic N) is 2. The van der Waals surface area contributed by atoms with Gasteiger partial charge in [-0.25, -0.2) is 9.48 Å². The first-order valence-electron chi connectivity index (χ1n) is 10.3. The van der Waals surface area contributed by atoms with Crippen LogP contribution >= 0.6 is 0 Å². The lowest BCUT2D eigenvalue weighted by molar-refractivity contribution is 0.0694. The van der Waals surface area contributed by atoms with Crippen molar-refractivity contribution in [3.05, 3.63) is 107 Å². The lowest BCUT2D eigenvalue weighted by Gasteiger charge is -2.16. The largest absolute Gasteiger partial charge is 0.494 e. The molecule has 4 aromatic rings. The molecule has 32 heavy (non-hydrogen) atoms. The molecule has 6 nitrogen and oxygen atoms in total. The van der Waals surface area contributed by atoms with E-state index in [-0.39, 0.29) is 12.1 Å². The zero-order valence-corrected chi connectivity index (χ0v) is 17.3. The van der Waals surface area contributed by atoms with Crippen LogP contribution in [0.15, 0.2) is 95.8 Å². The first-order chi connectivity index (χ1) is 15.6. The maximum Gasteiger partial charge on any atom is 0.342 e. The highest BCUT2D eigenvalue weighted by molar-refractivity contribution is 5.99. The molecule has 0 spiro atoms. The Labute approximate surface area is 185 Å². The summed E-state index contributed by atoms with van der Waals surface area (Å²) in [4.78, 5) is 25.3. The second kappa shape index (κ2) is 9.75. The van der Waals surface area contributed by atoms with E-state index in [1.54, 1.807) is 12.1 Å². The topological polar surface area (TPSA) is 81.4 Å². The summed E-state index contributed by atoms with van der Waals surface area (Å²) in [5.41, 5.74) is 1.24. The standard InChI is InChI=1S/C26H22N2O4/c29-25-23(26(30)31)22(19-11-4-1-5-12-19)24(20-13-6-2-7-14-20)27-28(25)17-10-18-32-21-15-8-3-9-16-21/h1-9,11-16H,10,17-18H2,(H,30,31). The minimum atomic E-state index is -1.28. The zero-order valence-electron chi connectivity index (χ0n) is 17.3. The monoisotopic (exact) mass is 426 g/mol. The van der Waals surface area contributed by atoms with Crippen LogP contribution in [0.3, 0.4) is 0 Å². The van der Waals surface area contributed by atoms with Gasteiger partial charge in [0.05, 0.1) is 12.3 Å². The van der Waals surface area contributed by atoms with Crippen molar-refractivity contribution in [1.29, 1.82) is 0 Å². The summed E-state index contributed by atoms with van der Waals surface area (Å²) >= 11 is 0. The van der Waals surface area contributed by atoms with E-state index in [0.29, 0.717) is 29.8 Å². The van der Waals surface area contributed by atoms with Crippen molar-refractivity contribution >= 4 is 5.97 Å². The molecule has 1 aromatic heterocycles. The van der Waals surface area contributed by atoms with Gasteiger partial charge in [0.2, 0.25) is 0 Å². The summed E-state index contributed by atoms with van der Waals surface area (Å²) in [6, 6.07) is 27.7. The molecule has 3 aromatic carbocycles. The van der Waals surface area contributed by atoms with Crippen molar-refractivity contribution < 1.29 is 14.6 Å². The van der Waals surface area contributed by atoms with E-state index in [9.17, 15) is 14.7 Å². The third kappa shape index (κ3) is 4.59. The van der Waals surface area contributed by atoms with Gasteiger partial charge in [0.1, 0.15) is 11.3 Å². The number of aromatic carboxylic acids is 1. The van der Waals surface area contributed by atoms with Gasteiger partial charge >= 0.3 is 5.97 Å². The Kier molecular flexibility index (Phi) is 6.41. The average molecular weight is 426 g/mol. The molecule has 4 rings (SSSR count). The molecular formula is C26H22N2O4. The minimum absolute atomic E-state index is 0.237. The fourth-order valence-electron chi connectivity index (χ4n) is 3.53. The van der Waals surface area contributed by atoms with Crippen LogP contribution in [0, 0.1) is 0 Å². The van der Waals surface area contributed by atoms with Crippen LogP contribution in [0.25, 0.3) is 22.4 Å². The SMILES string of the molecule is O=C(O)c1c(-c2ccccc2)c(-c2ccccc2)nn(CCCOc2ccccc2)c1=O. The molecule has 0 amide bonds. The quantitative estimate of drug-likeness (QED) is 0.412. The van der Waals surface area contributed by atoms with Gasteiger partial charge in [-0.3, -0.25) is 4.79 Å². The molecule has 0 fully saturated rings. The molecule has 0 saturated carbocycles. The number of ether oxygens (including phenoxy) is 1. The molecule has 160 valence electrons. The molecule has 0 atom stereocenters. The van der Waals surface area contributed by atoms with Gasteiger partial charge in [-0.05, 0) is 17.7 Å². The van der Waals surface area contributed by atoms with Crippen LogP contribution in [0.2, 0.25) is 0 Å². The number of benzene rings is 3. The molecule has 0 unspecified atom stereocenters. The third-order valence-electron chi connectivity index (χ3n) is 5.01. The molecule has 0 radical (unpaired) electrons. The Morgan fingerprint density at radius 2 is 1.41 bits per heavy atom. The lowest BCUT2D eigenvalue weighted by Crippen LogP contribution is -2.31. The van der Waals surface area contributed by atoms with Gasteiger partial charge in [-0.2, -0.15) is 5.10 Å². The molecule has 6 heteroatoms. The van der Waals surface area contributed by atoms with Gasteiger partial charge in [-0.1, -0.05) is 78.9 Å². The number of rotatable bonds is 8. The summed E-state index contributed by atoms with van der Waals surface area (Å²) in [5.74, 6) is -0.536. The van der Waals surface area contributed by atoms with E-state index >= 15 is 0 Å². The highest BCUT2D eigenvalue weighted by atomic mass is 16.5. The fourth-order valence-corrected chi connectivity index (χ4v) is 3.53. The van der Waals surface area contributed by atoms with E-state index in [1.165, 1.54) is 4.68 Å². The molecule has 0 bridgehead atoms. The summed E-state index contributed by atoms with van der Waals surface area (Å²) in [6.07, 6.45) is 0.500. The van der Waals surface area contributed by atoms with Crippen LogP contribution < -0.4 is 10.3 Å². The number of carboxylic acid groups (broad SMARTS) is 1. The molecule has 0 aliphatic heterocycles. The van der Waals surface area contributed by atoms with Gasteiger partial charge < -0.3 is 9.84 Å². The second-order valence-electron chi connectivity index (χ2n) is 7.18. The summed E-state index contributed by atoms with van der Waals surface area (Å²) in [7, 11) is 0. The number of hydrogen-bond acceptors (Lipinski definition) is 4. The summed E-state index contributed by atoms with van der Waals surface area (Å²) < 4.78 is 6.92. The Hall–Kier alpha value is -4.19. The van der Waals surface area contributed by atoms with Crippen molar-refractivity contribution in [3.63, 3.8) is 0 Å². The van der Waals surface area contributed by atoms with Crippen LogP contribution in [0.1, 0.15) is 16.8 Å². The number of aromatic nitrogens is 2. The zero-order chi connectivity index (χ0) is 22.3. The van der Waals surface area contributed by atoms with Gasteiger partial charge in [0.15, 0.2) is 0 Å². The number of carbonyl (C=O) groups is 1. The molecule has 0 aliphatic carbocycles. The Morgan fingerprint density at radius 1 is 0.844 bits per heavy atom. The number of aryl methyl sites for hydroxylation is 1. The van der Waals surface area contributed by atoms with E-state index < -0.39 is 11.5 Å². The van der Waals surface area contributed by atoms with Crippen molar-refractivity contribution in [2.75, 3.05) is 6.61 Å². The average Bonchev–Trinajstić information content (AvgIpc) is 2.84. The van der Waals surface area contributed by atoms with Gasteiger partial charge in [0, 0.05) is 24.1 Å². The van der Waals surface area contributed by atoms with Crippen LogP contribution in [0.5, 0.6) is 5.75 Å². The number of para-hydroxylation sites is 1. The van der Waals surface area contributed by atoms with E-state index in [2.05, 4.69) is 5.10 Å². The van der Waals surface area contributed by atoms with Crippen LogP contribution in [-0.4, -0.2) is 27.5 Å². The maximum atomic E-state index is 13.1. The number of hydrogen-bond donors (Lipinski definition) is 1. The highest BCUT2D eigenvalue weighted by Gasteiger charge is 2.24. The van der Waals surface area contributed by atoms with Crippen LogP contribution in [0.4, 0.5) is 0 Å². The Bertz CT molecular complexity index is 1250. The second-order valence-corrected chi connectivity index (χ2v) is 7.18. The normalized spacial score (nSPS) is 10.6. The Balaban J connectivity index is 1.74. The van der Waals surface area contributed by atoms with Gasteiger partial charge in [-0.15, -0.1) is 0 Å². The van der Waals surface area contributed by atoms with Crippen molar-refractivity contribution in [2.45, 2.75) is 13.0 Å². The summed E-state index contributed by atoms with van der Waals surface area (Å²) in [6.45, 7) is 0.614. The predicted octanol–water partition coefficient (Wildman–Crippen LogP) is 4.74. The molecule has 1 N–H and O–H groups in total. The molecule has 0 aliphatic rings. The maximum absolute atomic E-state index is 13.1. The predicted molar refractivity (Wildman–Crippen MR) is 123 cm³/mol. The fraction of sp³-hybridized carbons (Fsp3) is 0.115. The Morgan fingerprint density at radius 3 is 2.00 bits per heavy atom. The number of carboxylic acids is 1. The van der Waals surface area contributed by atoms with E-state index in [1.807, 2.05) is 78.9 Å². The van der Waals surface area contributed by atoms with Crippen LogP contribution in [-0.2, 0) is 6.54 Å². The minimum Gasteiger partial charge on any atom is -0.494 e. The van der Waals surface area contributed by atoms with E-state index in [4.69, 9.17) is 4.74 Å². The van der Waals surface area contributed by atoms with E-state index in [0.717, 1.165) is 11.3 Å². The molecular weight excluding hydrogens is 404 g/mol. The first kappa shape index (κ1) is 21.1. The smallest absolute Gasteiger partial charge is 0.342 e. The van der Waals surface area contributed by atoms with Gasteiger partial charge in [0.25, 0.3) is 5.56 Å². The molecule has 1 heterocycles. The third-order valence-corrected chi connectivity index (χ3v) is 5.01. The molecule has 0 saturated heterocycles.